The Morgan fingerprint density at radius 2 is 1.79 bits per heavy atom. The number of para-hydroxylation sites is 1. The van der Waals surface area contributed by atoms with Crippen molar-refractivity contribution in [2.24, 2.45) is 0 Å². The van der Waals surface area contributed by atoms with Crippen molar-refractivity contribution in [1.29, 1.82) is 0 Å². The highest BCUT2D eigenvalue weighted by Gasteiger charge is 2.17. The van der Waals surface area contributed by atoms with Gasteiger partial charge in [0.05, 0.1) is 6.61 Å². The minimum atomic E-state index is 0.327. The third-order valence-electron chi connectivity index (χ3n) is 3.38. The van der Waals surface area contributed by atoms with Gasteiger partial charge in [0.2, 0.25) is 0 Å². The number of rotatable bonds is 9. The second-order valence-corrected chi connectivity index (χ2v) is 4.57. The summed E-state index contributed by atoms with van der Waals surface area (Å²) in [6, 6.07) is 8.68. The molecule has 0 aliphatic heterocycles. The zero-order valence-electron chi connectivity index (χ0n) is 12.8. The Kier molecular flexibility index (Phi) is 7.53. The molecular weight excluding hydrogens is 236 g/mol. The fraction of sp³-hybridized carbons (Fsp3) is 0.625. The predicted molar refractivity (Wildman–Crippen MR) is 81.8 cm³/mol. The van der Waals surface area contributed by atoms with E-state index < -0.39 is 0 Å². The second-order valence-electron chi connectivity index (χ2n) is 4.57. The molecule has 1 aromatic rings. The van der Waals surface area contributed by atoms with Crippen LogP contribution in [0.1, 0.15) is 39.3 Å². The molecule has 0 aromatic heterocycles. The van der Waals surface area contributed by atoms with Crippen molar-refractivity contribution in [1.82, 2.24) is 10.2 Å². The molecule has 1 atom stereocenters. The summed E-state index contributed by atoms with van der Waals surface area (Å²) in [6.45, 7) is 13.5. The van der Waals surface area contributed by atoms with E-state index in [2.05, 4.69) is 49.2 Å². The van der Waals surface area contributed by atoms with Crippen LogP contribution in [0.2, 0.25) is 0 Å². The van der Waals surface area contributed by atoms with Crippen LogP contribution in [-0.4, -0.2) is 37.7 Å². The number of benzene rings is 1. The molecule has 0 bridgehead atoms. The van der Waals surface area contributed by atoms with Crippen molar-refractivity contribution in [3.05, 3.63) is 29.8 Å². The van der Waals surface area contributed by atoms with Gasteiger partial charge >= 0.3 is 0 Å². The fourth-order valence-electron chi connectivity index (χ4n) is 2.31. The lowest BCUT2D eigenvalue weighted by molar-refractivity contribution is 0.261. The topological polar surface area (TPSA) is 24.5 Å². The third-order valence-corrected chi connectivity index (χ3v) is 3.38. The molecule has 0 radical (unpaired) electrons. The lowest BCUT2D eigenvalue weighted by atomic mass is 10.0. The van der Waals surface area contributed by atoms with Gasteiger partial charge in [-0.05, 0) is 32.6 Å². The van der Waals surface area contributed by atoms with Crippen molar-refractivity contribution in [2.75, 3.05) is 32.8 Å². The lowest BCUT2D eigenvalue weighted by Crippen LogP contribution is -2.35. The van der Waals surface area contributed by atoms with Crippen LogP contribution in [0.4, 0.5) is 0 Å². The van der Waals surface area contributed by atoms with Crippen LogP contribution in [0.25, 0.3) is 0 Å². The van der Waals surface area contributed by atoms with Crippen molar-refractivity contribution in [3.8, 4) is 5.75 Å². The summed E-state index contributed by atoms with van der Waals surface area (Å²) in [7, 11) is 0. The maximum absolute atomic E-state index is 5.75. The van der Waals surface area contributed by atoms with E-state index in [1.807, 2.05) is 13.0 Å². The van der Waals surface area contributed by atoms with Crippen LogP contribution in [0, 0.1) is 0 Å². The standard InChI is InChI=1S/C16H28N2O/c1-5-17-15(13-18(6-2)7-3)14-11-9-10-12-16(14)19-8-4/h9-12,15,17H,5-8,13H2,1-4H3. The molecular formula is C16H28N2O. The quantitative estimate of drug-likeness (QED) is 0.742. The molecule has 0 amide bonds. The lowest BCUT2D eigenvalue weighted by Gasteiger charge is -2.27. The van der Waals surface area contributed by atoms with Crippen molar-refractivity contribution < 1.29 is 4.74 Å². The first kappa shape index (κ1) is 16.0. The summed E-state index contributed by atoms with van der Waals surface area (Å²) >= 11 is 0. The molecule has 0 aliphatic rings. The molecule has 0 fully saturated rings. The van der Waals surface area contributed by atoms with Gasteiger partial charge in [0.1, 0.15) is 5.75 Å². The van der Waals surface area contributed by atoms with E-state index in [1.165, 1.54) is 5.56 Å². The van der Waals surface area contributed by atoms with Gasteiger partial charge < -0.3 is 15.0 Å². The summed E-state index contributed by atoms with van der Waals surface area (Å²) in [5.41, 5.74) is 1.26. The van der Waals surface area contributed by atoms with E-state index in [4.69, 9.17) is 4.74 Å². The molecule has 0 aliphatic carbocycles. The number of ether oxygens (including phenoxy) is 1. The van der Waals surface area contributed by atoms with Crippen LogP contribution < -0.4 is 10.1 Å². The number of hydrogen-bond donors (Lipinski definition) is 1. The molecule has 1 rings (SSSR count). The molecule has 3 nitrogen and oxygen atoms in total. The Balaban J connectivity index is 2.90. The first-order valence-electron chi connectivity index (χ1n) is 7.44. The molecule has 1 unspecified atom stereocenters. The van der Waals surface area contributed by atoms with E-state index in [0.717, 1.165) is 31.9 Å². The normalized spacial score (nSPS) is 12.7. The summed E-state index contributed by atoms with van der Waals surface area (Å²) in [4.78, 5) is 2.44. The van der Waals surface area contributed by atoms with Gasteiger partial charge in [0, 0.05) is 18.2 Å². The Bertz CT molecular complexity index is 350. The van der Waals surface area contributed by atoms with Gasteiger partial charge in [-0.1, -0.05) is 39.0 Å². The van der Waals surface area contributed by atoms with Gasteiger partial charge in [-0.25, -0.2) is 0 Å². The Morgan fingerprint density at radius 3 is 2.37 bits per heavy atom. The van der Waals surface area contributed by atoms with E-state index in [-0.39, 0.29) is 0 Å². The van der Waals surface area contributed by atoms with Gasteiger partial charge in [-0.2, -0.15) is 0 Å². The first-order valence-corrected chi connectivity index (χ1v) is 7.44. The average Bonchev–Trinajstić information content (AvgIpc) is 2.44. The largest absolute Gasteiger partial charge is 0.494 e. The number of nitrogens with one attached hydrogen (secondary N) is 1. The van der Waals surface area contributed by atoms with Gasteiger partial charge in [-0.15, -0.1) is 0 Å². The molecule has 0 saturated heterocycles. The highest BCUT2D eigenvalue weighted by atomic mass is 16.5. The summed E-state index contributed by atoms with van der Waals surface area (Å²) in [5.74, 6) is 1.00. The van der Waals surface area contributed by atoms with Crippen molar-refractivity contribution in [2.45, 2.75) is 33.7 Å². The highest BCUT2D eigenvalue weighted by molar-refractivity contribution is 5.36. The van der Waals surface area contributed by atoms with Gasteiger partial charge in [-0.3, -0.25) is 0 Å². The number of likely N-dealkylation sites (N-methyl/N-ethyl adjacent to an activating group) is 2. The number of hydrogen-bond acceptors (Lipinski definition) is 3. The van der Waals surface area contributed by atoms with Crippen molar-refractivity contribution in [3.63, 3.8) is 0 Å². The van der Waals surface area contributed by atoms with Crippen LogP contribution in [-0.2, 0) is 0 Å². The molecule has 0 heterocycles. The van der Waals surface area contributed by atoms with E-state index in [0.29, 0.717) is 12.6 Å². The van der Waals surface area contributed by atoms with E-state index in [1.54, 1.807) is 0 Å². The summed E-state index contributed by atoms with van der Waals surface area (Å²) in [6.07, 6.45) is 0. The molecule has 1 N–H and O–H groups in total. The van der Waals surface area contributed by atoms with Crippen LogP contribution in [0.3, 0.4) is 0 Å². The van der Waals surface area contributed by atoms with Crippen LogP contribution in [0.15, 0.2) is 24.3 Å². The van der Waals surface area contributed by atoms with Crippen LogP contribution in [0.5, 0.6) is 5.75 Å². The zero-order valence-corrected chi connectivity index (χ0v) is 12.8. The molecule has 0 saturated carbocycles. The monoisotopic (exact) mass is 264 g/mol. The maximum atomic E-state index is 5.75. The molecule has 3 heteroatoms. The SMILES string of the molecule is CCNC(CN(CC)CC)c1ccccc1OCC. The Morgan fingerprint density at radius 1 is 1.11 bits per heavy atom. The van der Waals surface area contributed by atoms with Crippen LogP contribution >= 0.6 is 0 Å². The Labute approximate surface area is 118 Å². The smallest absolute Gasteiger partial charge is 0.124 e. The van der Waals surface area contributed by atoms with Gasteiger partial charge in [0.25, 0.3) is 0 Å². The predicted octanol–water partition coefficient (Wildman–Crippen LogP) is 3.08. The van der Waals surface area contributed by atoms with Gasteiger partial charge in [0.15, 0.2) is 0 Å². The molecule has 1 aromatic carbocycles. The molecule has 108 valence electrons. The second kappa shape index (κ2) is 8.94. The summed E-state index contributed by atoms with van der Waals surface area (Å²) in [5, 5.41) is 3.58. The van der Waals surface area contributed by atoms with E-state index in [9.17, 15) is 0 Å². The number of nitrogens with zero attached hydrogens (tertiary/aromatic N) is 1. The average molecular weight is 264 g/mol. The van der Waals surface area contributed by atoms with E-state index >= 15 is 0 Å². The maximum Gasteiger partial charge on any atom is 0.124 e. The third kappa shape index (κ3) is 4.84. The minimum Gasteiger partial charge on any atom is -0.494 e. The minimum absolute atomic E-state index is 0.327. The van der Waals surface area contributed by atoms with Crippen molar-refractivity contribution >= 4 is 0 Å². The first-order chi connectivity index (χ1) is 9.26. The highest BCUT2D eigenvalue weighted by Crippen LogP contribution is 2.25. The molecule has 0 spiro atoms. The zero-order chi connectivity index (χ0) is 14.1. The molecule has 19 heavy (non-hydrogen) atoms. The fourth-order valence-corrected chi connectivity index (χ4v) is 2.31. The summed E-state index contributed by atoms with van der Waals surface area (Å²) < 4.78 is 5.75. The Hall–Kier alpha value is -1.06.